The number of aliphatic carboxylic acids is 1. The number of carbonyl (C=O) groups excluding carboxylic acids is 1. The number of carbonyl (C=O) groups is 2. The Kier molecular flexibility index (Phi) is 6.04. The quantitative estimate of drug-likeness (QED) is 0.738. The summed E-state index contributed by atoms with van der Waals surface area (Å²) in [5.41, 5.74) is 0.0829. The van der Waals surface area contributed by atoms with Crippen LogP contribution in [0.2, 0.25) is 5.02 Å². The molecule has 0 saturated carbocycles. The van der Waals surface area contributed by atoms with Crippen molar-refractivity contribution in [2.45, 2.75) is 33.2 Å². The summed E-state index contributed by atoms with van der Waals surface area (Å²) < 4.78 is 0.803. The normalized spacial score (nSPS) is 12.6. The Hall–Kier alpha value is -1.27. The Labute approximate surface area is 137 Å². The molecule has 0 fully saturated rings. The van der Waals surface area contributed by atoms with Crippen molar-refractivity contribution < 1.29 is 14.7 Å². The van der Waals surface area contributed by atoms with Gasteiger partial charge < -0.3 is 15.7 Å². The lowest BCUT2D eigenvalue weighted by Gasteiger charge is -2.30. The van der Waals surface area contributed by atoms with Gasteiger partial charge in [0.2, 0.25) is 0 Å². The number of urea groups is 1. The number of hydrogen-bond donors (Lipinski definition) is 3. The van der Waals surface area contributed by atoms with Crippen molar-refractivity contribution in [3.05, 3.63) is 27.7 Å². The number of carboxylic acid groups (broad SMARTS) is 1. The van der Waals surface area contributed by atoms with E-state index in [0.717, 1.165) is 4.47 Å². The minimum Gasteiger partial charge on any atom is -0.481 e. The van der Waals surface area contributed by atoms with Crippen molar-refractivity contribution in [3.8, 4) is 0 Å². The zero-order valence-electron chi connectivity index (χ0n) is 12.0. The Balaban J connectivity index is 2.76. The Morgan fingerprint density at radius 2 is 2.00 bits per heavy atom. The number of halogens is 2. The van der Waals surface area contributed by atoms with Crippen LogP contribution < -0.4 is 10.6 Å². The van der Waals surface area contributed by atoms with Crippen LogP contribution >= 0.6 is 27.5 Å². The molecule has 116 valence electrons. The molecule has 0 heterocycles. The lowest BCUT2D eigenvalue weighted by molar-refractivity contribution is -0.138. The maximum atomic E-state index is 12.0. The fraction of sp³-hybridized carbons (Fsp3) is 0.429. The number of benzene rings is 1. The molecule has 7 heteroatoms. The van der Waals surface area contributed by atoms with Gasteiger partial charge in [0, 0.05) is 10.5 Å². The fourth-order valence-corrected chi connectivity index (χ4v) is 2.38. The van der Waals surface area contributed by atoms with Gasteiger partial charge in [-0.15, -0.1) is 0 Å². The highest BCUT2D eigenvalue weighted by Gasteiger charge is 2.28. The van der Waals surface area contributed by atoms with Crippen LogP contribution in [0.25, 0.3) is 0 Å². The van der Waals surface area contributed by atoms with Crippen LogP contribution in [0.15, 0.2) is 22.7 Å². The molecule has 1 aromatic rings. The lowest BCUT2D eigenvalue weighted by Crippen LogP contribution is -2.46. The van der Waals surface area contributed by atoms with E-state index in [2.05, 4.69) is 26.6 Å². The van der Waals surface area contributed by atoms with Crippen LogP contribution in [-0.4, -0.2) is 23.1 Å². The minimum atomic E-state index is -0.961. The summed E-state index contributed by atoms with van der Waals surface area (Å²) in [6, 6.07) is 4.09. The summed E-state index contributed by atoms with van der Waals surface area (Å²) in [5, 5.41) is 14.6. The zero-order valence-corrected chi connectivity index (χ0v) is 14.4. The number of carboxylic acids is 1. The van der Waals surface area contributed by atoms with E-state index in [0.29, 0.717) is 10.7 Å². The van der Waals surface area contributed by atoms with E-state index in [4.69, 9.17) is 16.7 Å². The first kappa shape index (κ1) is 17.8. The summed E-state index contributed by atoms with van der Waals surface area (Å²) in [6.45, 7) is 5.61. The second-order valence-electron chi connectivity index (χ2n) is 5.74. The Bertz CT molecular complexity index is 544. The molecule has 0 aromatic heterocycles. The molecule has 0 aliphatic carbocycles. The first-order valence-electron chi connectivity index (χ1n) is 6.34. The standard InChI is InChI=1S/C14H18BrClN2O3/c1-14(2,3)11(7-12(19)20)18-13(21)17-10-5-4-8(15)6-9(10)16/h4-6,11H,7H2,1-3H3,(H,19,20)(H2,17,18,21). The maximum Gasteiger partial charge on any atom is 0.319 e. The number of amides is 2. The zero-order chi connectivity index (χ0) is 16.2. The van der Waals surface area contributed by atoms with Gasteiger partial charge in [0.1, 0.15) is 0 Å². The Morgan fingerprint density at radius 3 is 2.48 bits per heavy atom. The van der Waals surface area contributed by atoms with Crippen molar-refractivity contribution in [2.24, 2.45) is 5.41 Å². The molecule has 0 spiro atoms. The summed E-state index contributed by atoms with van der Waals surface area (Å²) in [4.78, 5) is 22.9. The molecule has 2 amide bonds. The van der Waals surface area contributed by atoms with Crippen molar-refractivity contribution >= 4 is 45.2 Å². The van der Waals surface area contributed by atoms with Gasteiger partial charge in [-0.1, -0.05) is 48.3 Å². The van der Waals surface area contributed by atoms with E-state index >= 15 is 0 Å². The SMILES string of the molecule is CC(C)(C)C(CC(=O)O)NC(=O)Nc1ccc(Br)cc1Cl. The average molecular weight is 378 g/mol. The van der Waals surface area contributed by atoms with Gasteiger partial charge in [0.15, 0.2) is 0 Å². The molecule has 0 bridgehead atoms. The van der Waals surface area contributed by atoms with Crippen LogP contribution in [0, 0.1) is 5.41 Å². The van der Waals surface area contributed by atoms with E-state index in [-0.39, 0.29) is 11.8 Å². The summed E-state index contributed by atoms with van der Waals surface area (Å²) in [7, 11) is 0. The predicted molar refractivity (Wildman–Crippen MR) is 86.8 cm³/mol. The molecule has 0 radical (unpaired) electrons. The molecule has 1 unspecified atom stereocenters. The second kappa shape index (κ2) is 7.13. The third-order valence-electron chi connectivity index (χ3n) is 2.91. The smallest absolute Gasteiger partial charge is 0.319 e. The highest BCUT2D eigenvalue weighted by Crippen LogP contribution is 2.26. The molecule has 0 aliphatic heterocycles. The van der Waals surface area contributed by atoms with E-state index in [9.17, 15) is 9.59 Å². The van der Waals surface area contributed by atoms with Crippen molar-refractivity contribution in [2.75, 3.05) is 5.32 Å². The predicted octanol–water partition coefficient (Wildman–Crippen LogP) is 4.11. The Morgan fingerprint density at radius 1 is 1.38 bits per heavy atom. The van der Waals surface area contributed by atoms with Crippen molar-refractivity contribution in [1.29, 1.82) is 0 Å². The molecule has 1 atom stereocenters. The molecule has 5 nitrogen and oxygen atoms in total. The number of nitrogens with one attached hydrogen (secondary N) is 2. The molecular weight excluding hydrogens is 360 g/mol. The molecule has 0 saturated heterocycles. The molecule has 1 rings (SSSR count). The first-order chi connectivity index (χ1) is 9.59. The summed E-state index contributed by atoms with van der Waals surface area (Å²) in [6.07, 6.45) is -0.148. The van der Waals surface area contributed by atoms with Gasteiger partial charge in [-0.2, -0.15) is 0 Å². The van der Waals surface area contributed by atoms with Gasteiger partial charge in [-0.25, -0.2) is 4.79 Å². The van der Waals surface area contributed by atoms with Crippen LogP contribution in [0.1, 0.15) is 27.2 Å². The van der Waals surface area contributed by atoms with Crippen molar-refractivity contribution in [1.82, 2.24) is 5.32 Å². The molecule has 3 N–H and O–H groups in total. The molecule has 0 aliphatic rings. The van der Waals surface area contributed by atoms with Crippen LogP contribution in [-0.2, 0) is 4.79 Å². The van der Waals surface area contributed by atoms with Crippen molar-refractivity contribution in [3.63, 3.8) is 0 Å². The van der Waals surface area contributed by atoms with E-state index in [1.165, 1.54) is 0 Å². The molecule has 21 heavy (non-hydrogen) atoms. The number of anilines is 1. The maximum absolute atomic E-state index is 12.0. The largest absolute Gasteiger partial charge is 0.481 e. The van der Waals surface area contributed by atoms with E-state index < -0.39 is 18.0 Å². The third kappa shape index (κ3) is 5.93. The average Bonchev–Trinajstić information content (AvgIpc) is 2.30. The van der Waals surface area contributed by atoms with Gasteiger partial charge >= 0.3 is 12.0 Å². The van der Waals surface area contributed by atoms with Crippen LogP contribution in [0.4, 0.5) is 10.5 Å². The topological polar surface area (TPSA) is 78.4 Å². The highest BCUT2D eigenvalue weighted by atomic mass is 79.9. The summed E-state index contributed by atoms with van der Waals surface area (Å²) in [5.74, 6) is -0.961. The van der Waals surface area contributed by atoms with Gasteiger partial charge in [-0.05, 0) is 23.6 Å². The number of rotatable bonds is 4. The highest BCUT2D eigenvalue weighted by molar-refractivity contribution is 9.10. The minimum absolute atomic E-state index is 0.148. The van der Waals surface area contributed by atoms with Crippen LogP contribution in [0.5, 0.6) is 0 Å². The molecule has 1 aromatic carbocycles. The van der Waals surface area contributed by atoms with Crippen LogP contribution in [0.3, 0.4) is 0 Å². The van der Waals surface area contributed by atoms with Gasteiger partial charge in [-0.3, -0.25) is 4.79 Å². The molecular formula is C14H18BrClN2O3. The van der Waals surface area contributed by atoms with Gasteiger partial charge in [0.05, 0.1) is 17.1 Å². The second-order valence-corrected chi connectivity index (χ2v) is 7.06. The lowest BCUT2D eigenvalue weighted by atomic mass is 9.85. The summed E-state index contributed by atoms with van der Waals surface area (Å²) >= 11 is 9.30. The number of hydrogen-bond acceptors (Lipinski definition) is 2. The monoisotopic (exact) mass is 376 g/mol. The van der Waals surface area contributed by atoms with Gasteiger partial charge in [0.25, 0.3) is 0 Å². The first-order valence-corrected chi connectivity index (χ1v) is 7.51. The third-order valence-corrected chi connectivity index (χ3v) is 3.71. The van der Waals surface area contributed by atoms with E-state index in [1.54, 1.807) is 18.2 Å². The van der Waals surface area contributed by atoms with E-state index in [1.807, 2.05) is 20.8 Å². The fourth-order valence-electron chi connectivity index (χ4n) is 1.66.